The van der Waals surface area contributed by atoms with Crippen molar-refractivity contribution in [3.63, 3.8) is 0 Å². The molecule has 1 amide bonds. The fraction of sp³-hybridized carbons (Fsp3) is 0.333. The molecule has 1 atom stereocenters. The molecule has 0 aromatic heterocycles. The van der Waals surface area contributed by atoms with Crippen LogP contribution >= 0.6 is 0 Å². The maximum Gasteiger partial charge on any atom is 0.328 e. The number of esters is 1. The number of ether oxygens (including phenoxy) is 1. The van der Waals surface area contributed by atoms with Gasteiger partial charge in [0.25, 0.3) is 5.91 Å². The number of carbonyl (C=O) groups excluding carboxylic acids is 2. The molecule has 0 radical (unpaired) electrons. The van der Waals surface area contributed by atoms with Gasteiger partial charge in [-0.15, -0.1) is 0 Å². The molecule has 0 aliphatic carbocycles. The van der Waals surface area contributed by atoms with E-state index >= 15 is 0 Å². The van der Waals surface area contributed by atoms with E-state index in [1.807, 2.05) is 0 Å². The highest BCUT2D eigenvalue weighted by atomic mass is 19.1. The van der Waals surface area contributed by atoms with E-state index in [0.29, 0.717) is 0 Å². The van der Waals surface area contributed by atoms with Crippen molar-refractivity contribution in [2.24, 2.45) is 0 Å². The Balaban J connectivity index is 2.96. The molecule has 0 saturated heterocycles. The molecule has 0 spiro atoms. The van der Waals surface area contributed by atoms with E-state index in [1.165, 1.54) is 13.0 Å². The highest BCUT2D eigenvalue weighted by Gasteiger charge is 2.19. The van der Waals surface area contributed by atoms with Crippen molar-refractivity contribution in [3.05, 3.63) is 35.1 Å². The van der Waals surface area contributed by atoms with Gasteiger partial charge in [0.15, 0.2) is 0 Å². The van der Waals surface area contributed by atoms with Crippen LogP contribution in [-0.2, 0) is 9.53 Å². The standard InChI is InChI=1S/C15H16FNO4/c1-3-21-15(20)10(2)17-14(19)13-9-12(16)7-6-11(13)5-4-8-18/h6-7,9-10,18H,3,8H2,1-2H3,(H,17,19). The first kappa shape index (κ1) is 16.7. The molecule has 0 aliphatic rings. The van der Waals surface area contributed by atoms with Gasteiger partial charge in [0.1, 0.15) is 18.5 Å². The number of hydrogen-bond donors (Lipinski definition) is 2. The van der Waals surface area contributed by atoms with E-state index in [4.69, 9.17) is 9.84 Å². The topological polar surface area (TPSA) is 75.6 Å². The fourth-order valence-electron chi connectivity index (χ4n) is 1.55. The number of rotatable bonds is 4. The van der Waals surface area contributed by atoms with Crippen LogP contribution in [0, 0.1) is 17.7 Å². The summed E-state index contributed by atoms with van der Waals surface area (Å²) >= 11 is 0. The first-order chi connectivity index (χ1) is 9.99. The van der Waals surface area contributed by atoms with Gasteiger partial charge in [-0.1, -0.05) is 11.8 Å². The molecule has 6 heteroatoms. The van der Waals surface area contributed by atoms with E-state index in [-0.39, 0.29) is 24.3 Å². The highest BCUT2D eigenvalue weighted by molar-refractivity contribution is 5.98. The van der Waals surface area contributed by atoms with Gasteiger partial charge in [-0.05, 0) is 32.0 Å². The van der Waals surface area contributed by atoms with Crippen LogP contribution in [0.15, 0.2) is 18.2 Å². The van der Waals surface area contributed by atoms with Crippen molar-refractivity contribution in [3.8, 4) is 11.8 Å². The number of aliphatic hydroxyl groups excluding tert-OH is 1. The Morgan fingerprint density at radius 1 is 1.48 bits per heavy atom. The van der Waals surface area contributed by atoms with E-state index in [1.54, 1.807) is 6.92 Å². The summed E-state index contributed by atoms with van der Waals surface area (Å²) in [6, 6.07) is 2.66. The second kappa shape index (κ2) is 8.02. The number of halogens is 1. The molecule has 0 saturated carbocycles. The third kappa shape index (κ3) is 4.89. The van der Waals surface area contributed by atoms with Crippen LogP contribution in [0.1, 0.15) is 29.8 Å². The number of hydrogen-bond acceptors (Lipinski definition) is 4. The minimum Gasteiger partial charge on any atom is -0.464 e. The van der Waals surface area contributed by atoms with E-state index in [2.05, 4.69) is 17.2 Å². The lowest BCUT2D eigenvalue weighted by Gasteiger charge is -2.13. The minimum atomic E-state index is -0.862. The number of benzene rings is 1. The van der Waals surface area contributed by atoms with Crippen molar-refractivity contribution in [2.75, 3.05) is 13.2 Å². The Bertz CT molecular complexity index is 589. The van der Waals surface area contributed by atoms with Gasteiger partial charge in [-0.3, -0.25) is 4.79 Å². The Morgan fingerprint density at radius 2 is 2.19 bits per heavy atom. The molecule has 1 unspecified atom stereocenters. The minimum absolute atomic E-state index is 0.00732. The summed E-state index contributed by atoms with van der Waals surface area (Å²) in [4.78, 5) is 23.5. The van der Waals surface area contributed by atoms with Gasteiger partial charge in [-0.25, -0.2) is 9.18 Å². The second-order valence-corrected chi connectivity index (χ2v) is 4.10. The third-order valence-corrected chi connectivity index (χ3v) is 2.52. The maximum absolute atomic E-state index is 13.3. The van der Waals surface area contributed by atoms with Crippen LogP contribution in [0.2, 0.25) is 0 Å². The second-order valence-electron chi connectivity index (χ2n) is 4.10. The monoisotopic (exact) mass is 293 g/mol. The summed E-state index contributed by atoms with van der Waals surface area (Å²) in [5.41, 5.74) is 0.256. The van der Waals surface area contributed by atoms with E-state index in [0.717, 1.165) is 12.1 Å². The van der Waals surface area contributed by atoms with Gasteiger partial charge in [0, 0.05) is 5.56 Å². The van der Waals surface area contributed by atoms with Gasteiger partial charge in [-0.2, -0.15) is 0 Å². The number of amides is 1. The summed E-state index contributed by atoms with van der Waals surface area (Å²) in [5.74, 6) is 3.12. The number of carbonyl (C=O) groups is 2. The largest absolute Gasteiger partial charge is 0.464 e. The summed E-state index contributed by atoms with van der Waals surface area (Å²) in [6.07, 6.45) is 0. The van der Waals surface area contributed by atoms with Gasteiger partial charge in [0.2, 0.25) is 0 Å². The van der Waals surface area contributed by atoms with Gasteiger partial charge in [0.05, 0.1) is 12.2 Å². The van der Waals surface area contributed by atoms with Crippen molar-refractivity contribution in [1.82, 2.24) is 5.32 Å². The summed E-state index contributed by atoms with van der Waals surface area (Å²) in [5, 5.41) is 11.1. The first-order valence-electron chi connectivity index (χ1n) is 6.36. The molecule has 21 heavy (non-hydrogen) atoms. The zero-order valence-corrected chi connectivity index (χ0v) is 11.8. The molecule has 2 N–H and O–H groups in total. The molecular formula is C15H16FNO4. The molecule has 1 aromatic carbocycles. The lowest BCUT2D eigenvalue weighted by atomic mass is 10.1. The lowest BCUT2D eigenvalue weighted by Crippen LogP contribution is -2.39. The van der Waals surface area contributed by atoms with Crippen LogP contribution in [0.4, 0.5) is 4.39 Å². The Morgan fingerprint density at radius 3 is 2.81 bits per heavy atom. The number of nitrogens with one attached hydrogen (secondary N) is 1. The molecule has 0 heterocycles. The van der Waals surface area contributed by atoms with Crippen LogP contribution in [0.5, 0.6) is 0 Å². The van der Waals surface area contributed by atoms with E-state index < -0.39 is 23.7 Å². The highest BCUT2D eigenvalue weighted by Crippen LogP contribution is 2.11. The van der Waals surface area contributed by atoms with Gasteiger partial charge < -0.3 is 15.2 Å². The average Bonchev–Trinajstić information content (AvgIpc) is 2.46. The summed E-state index contributed by atoms with van der Waals surface area (Å²) < 4.78 is 18.0. The quantitative estimate of drug-likeness (QED) is 0.637. The molecule has 1 aromatic rings. The number of aliphatic hydroxyl groups is 1. The normalized spacial score (nSPS) is 11.0. The van der Waals surface area contributed by atoms with Crippen LogP contribution < -0.4 is 5.32 Å². The Kier molecular flexibility index (Phi) is 6.37. The Labute approximate surface area is 122 Å². The first-order valence-corrected chi connectivity index (χ1v) is 6.36. The zero-order valence-electron chi connectivity index (χ0n) is 11.8. The molecule has 0 bridgehead atoms. The summed E-state index contributed by atoms with van der Waals surface area (Å²) in [6.45, 7) is 2.94. The average molecular weight is 293 g/mol. The summed E-state index contributed by atoms with van der Waals surface area (Å²) in [7, 11) is 0. The van der Waals surface area contributed by atoms with Crippen LogP contribution in [0.25, 0.3) is 0 Å². The third-order valence-electron chi connectivity index (χ3n) is 2.52. The molecule has 0 aliphatic heterocycles. The predicted octanol–water partition coefficient (Wildman–Crippen LogP) is 0.851. The molecule has 0 fully saturated rings. The van der Waals surface area contributed by atoms with Gasteiger partial charge >= 0.3 is 5.97 Å². The smallest absolute Gasteiger partial charge is 0.328 e. The van der Waals surface area contributed by atoms with Crippen molar-refractivity contribution >= 4 is 11.9 Å². The molecule has 5 nitrogen and oxygen atoms in total. The Hall–Kier alpha value is -2.39. The van der Waals surface area contributed by atoms with Crippen molar-refractivity contribution in [1.29, 1.82) is 0 Å². The van der Waals surface area contributed by atoms with Crippen LogP contribution in [0.3, 0.4) is 0 Å². The SMILES string of the molecule is CCOC(=O)C(C)NC(=O)c1cc(F)ccc1C#CCO. The maximum atomic E-state index is 13.3. The van der Waals surface area contributed by atoms with Crippen LogP contribution in [-0.4, -0.2) is 36.2 Å². The van der Waals surface area contributed by atoms with E-state index in [9.17, 15) is 14.0 Å². The van der Waals surface area contributed by atoms with Crippen molar-refractivity contribution in [2.45, 2.75) is 19.9 Å². The predicted molar refractivity (Wildman–Crippen MR) is 73.9 cm³/mol. The zero-order chi connectivity index (χ0) is 15.8. The van der Waals surface area contributed by atoms with Crippen molar-refractivity contribution < 1.29 is 23.8 Å². The molecule has 112 valence electrons. The fourth-order valence-corrected chi connectivity index (χ4v) is 1.55. The molecular weight excluding hydrogens is 277 g/mol. The molecule has 1 rings (SSSR count). The lowest BCUT2D eigenvalue weighted by molar-refractivity contribution is -0.144.